The molecule has 0 radical (unpaired) electrons. The quantitative estimate of drug-likeness (QED) is 0.702. The molecular weight excluding hydrogens is 346 g/mol. The Kier molecular flexibility index (Phi) is 7.85. The van der Waals surface area contributed by atoms with Gasteiger partial charge in [-0.15, -0.1) is 11.8 Å². The van der Waals surface area contributed by atoms with Gasteiger partial charge < -0.3 is 14.8 Å². The van der Waals surface area contributed by atoms with Gasteiger partial charge in [0.05, 0.1) is 26.0 Å². The summed E-state index contributed by atoms with van der Waals surface area (Å²) in [5.41, 5.74) is 3.55. The van der Waals surface area contributed by atoms with Crippen molar-refractivity contribution in [2.24, 2.45) is 0 Å². The third kappa shape index (κ3) is 5.43. The second-order valence-corrected chi connectivity index (χ2v) is 7.05. The smallest absolute Gasteiger partial charge is 0.230 e. The highest BCUT2D eigenvalue weighted by atomic mass is 32.2. The molecule has 0 heterocycles. The maximum absolute atomic E-state index is 12.4. The van der Waals surface area contributed by atoms with E-state index in [2.05, 4.69) is 31.3 Å². The largest absolute Gasteiger partial charge is 0.493 e. The number of benzene rings is 2. The van der Waals surface area contributed by atoms with E-state index in [0.29, 0.717) is 17.3 Å². The highest BCUT2D eigenvalue weighted by Gasteiger charge is 2.15. The van der Waals surface area contributed by atoms with Crippen molar-refractivity contribution < 1.29 is 14.3 Å². The maximum Gasteiger partial charge on any atom is 0.230 e. The van der Waals surface area contributed by atoms with Gasteiger partial charge in [-0.1, -0.05) is 37.3 Å². The number of methoxy groups -OCH3 is 2. The molecule has 0 saturated carbocycles. The van der Waals surface area contributed by atoms with Gasteiger partial charge in [0.1, 0.15) is 0 Å². The lowest BCUT2D eigenvalue weighted by Crippen LogP contribution is -2.29. The molecule has 26 heavy (non-hydrogen) atoms. The number of aryl methyl sites for hydroxylation is 1. The molecule has 1 amide bonds. The van der Waals surface area contributed by atoms with Crippen molar-refractivity contribution in [1.29, 1.82) is 0 Å². The average molecular weight is 374 g/mol. The Hall–Kier alpha value is -2.14. The Bertz CT molecular complexity index is 733. The zero-order chi connectivity index (χ0) is 18.9. The zero-order valence-corrected chi connectivity index (χ0v) is 16.7. The molecule has 0 aliphatic carbocycles. The first-order chi connectivity index (χ1) is 12.6. The van der Waals surface area contributed by atoms with E-state index in [1.807, 2.05) is 30.3 Å². The molecule has 0 aliphatic heterocycles. The second-order valence-electron chi connectivity index (χ2n) is 6.06. The Morgan fingerprint density at radius 3 is 2.50 bits per heavy atom. The second kappa shape index (κ2) is 10.1. The minimum atomic E-state index is -0.0404. The first kappa shape index (κ1) is 20.2. The lowest BCUT2D eigenvalue weighted by Gasteiger charge is -2.19. The van der Waals surface area contributed by atoms with Crippen LogP contribution in [0.5, 0.6) is 11.5 Å². The van der Waals surface area contributed by atoms with Gasteiger partial charge in [0.15, 0.2) is 11.5 Å². The summed E-state index contributed by atoms with van der Waals surface area (Å²) >= 11 is 1.63. The van der Waals surface area contributed by atoms with Crippen molar-refractivity contribution in [3.8, 4) is 11.5 Å². The van der Waals surface area contributed by atoms with Crippen LogP contribution in [0.1, 0.15) is 36.1 Å². The normalized spacial score (nSPS) is 11.7. The number of hydrogen-bond donors (Lipinski definition) is 1. The number of amides is 1. The first-order valence-electron chi connectivity index (χ1n) is 8.72. The van der Waals surface area contributed by atoms with Gasteiger partial charge in [0.25, 0.3) is 0 Å². The Morgan fingerprint density at radius 2 is 1.85 bits per heavy atom. The van der Waals surface area contributed by atoms with Gasteiger partial charge in [0.2, 0.25) is 5.91 Å². The molecule has 140 valence electrons. The van der Waals surface area contributed by atoms with Crippen LogP contribution in [0.4, 0.5) is 0 Å². The van der Waals surface area contributed by atoms with Crippen molar-refractivity contribution >= 4 is 17.7 Å². The molecule has 2 aromatic carbocycles. The summed E-state index contributed by atoms with van der Waals surface area (Å²) in [4.78, 5) is 12.4. The van der Waals surface area contributed by atoms with Crippen LogP contribution in [-0.4, -0.2) is 25.9 Å². The van der Waals surface area contributed by atoms with Crippen LogP contribution in [0, 0.1) is 6.92 Å². The number of carbonyl (C=O) groups excluding carboxylic acids is 1. The molecule has 2 aromatic rings. The van der Waals surface area contributed by atoms with Gasteiger partial charge in [0, 0.05) is 5.75 Å². The van der Waals surface area contributed by atoms with Crippen LogP contribution in [0.25, 0.3) is 0 Å². The molecule has 0 aromatic heterocycles. The fraction of sp³-hybridized carbons (Fsp3) is 0.381. The molecule has 1 atom stereocenters. The lowest BCUT2D eigenvalue weighted by molar-refractivity contribution is -0.119. The number of rotatable bonds is 9. The first-order valence-corrected chi connectivity index (χ1v) is 9.88. The summed E-state index contributed by atoms with van der Waals surface area (Å²) in [5, 5.41) is 3.12. The predicted molar refractivity (Wildman–Crippen MR) is 108 cm³/mol. The number of carbonyl (C=O) groups is 1. The highest BCUT2D eigenvalue weighted by Crippen LogP contribution is 2.31. The molecule has 0 spiro atoms. The summed E-state index contributed by atoms with van der Waals surface area (Å²) in [6.07, 6.45) is 0.809. The lowest BCUT2D eigenvalue weighted by atomic mass is 10.0. The summed E-state index contributed by atoms with van der Waals surface area (Å²) in [7, 11) is 3.23. The molecule has 4 nitrogen and oxygen atoms in total. The van der Waals surface area contributed by atoms with Gasteiger partial charge in [-0.2, -0.15) is 0 Å². The molecule has 1 N–H and O–H groups in total. The van der Waals surface area contributed by atoms with Gasteiger partial charge >= 0.3 is 0 Å². The van der Waals surface area contributed by atoms with Crippen molar-refractivity contribution in [3.63, 3.8) is 0 Å². The monoisotopic (exact) mass is 373 g/mol. The standard InChI is InChI=1S/C21H27NO3S/c1-5-18(16-10-11-19(24-3)20(12-16)25-4)22-21(23)14-26-13-17-9-7-6-8-15(17)2/h6-12,18H,5,13-14H2,1-4H3,(H,22,23)/t18-/m0/s1. The molecule has 5 heteroatoms. The van der Waals surface area contributed by atoms with Crippen LogP contribution in [-0.2, 0) is 10.5 Å². The number of ether oxygens (including phenoxy) is 2. The minimum Gasteiger partial charge on any atom is -0.493 e. The number of nitrogens with one attached hydrogen (secondary N) is 1. The molecule has 0 unspecified atom stereocenters. The molecule has 0 aliphatic rings. The SMILES string of the molecule is CC[C@H](NC(=O)CSCc1ccccc1C)c1ccc(OC)c(OC)c1. The predicted octanol–water partition coefficient (Wildman–Crippen LogP) is 4.51. The van der Waals surface area contributed by atoms with Gasteiger partial charge in [-0.3, -0.25) is 4.79 Å². The van der Waals surface area contributed by atoms with Crippen molar-refractivity contribution in [1.82, 2.24) is 5.32 Å². The Morgan fingerprint density at radius 1 is 1.12 bits per heavy atom. The van der Waals surface area contributed by atoms with E-state index < -0.39 is 0 Å². The minimum absolute atomic E-state index is 0.0404. The average Bonchev–Trinajstić information content (AvgIpc) is 2.67. The molecule has 0 fully saturated rings. The van der Waals surface area contributed by atoms with E-state index in [4.69, 9.17) is 9.47 Å². The van der Waals surface area contributed by atoms with Gasteiger partial charge in [-0.25, -0.2) is 0 Å². The topological polar surface area (TPSA) is 47.6 Å². The van der Waals surface area contributed by atoms with E-state index in [0.717, 1.165) is 17.7 Å². The zero-order valence-electron chi connectivity index (χ0n) is 15.9. The van der Waals surface area contributed by atoms with Crippen LogP contribution in [0.2, 0.25) is 0 Å². The van der Waals surface area contributed by atoms with E-state index in [9.17, 15) is 4.79 Å². The summed E-state index contributed by atoms with van der Waals surface area (Å²) < 4.78 is 10.6. The van der Waals surface area contributed by atoms with Crippen molar-refractivity contribution in [3.05, 3.63) is 59.2 Å². The molecule has 0 saturated heterocycles. The maximum atomic E-state index is 12.4. The van der Waals surface area contributed by atoms with Crippen LogP contribution in [0.15, 0.2) is 42.5 Å². The Balaban J connectivity index is 1.92. The number of hydrogen-bond acceptors (Lipinski definition) is 4. The molecule has 2 rings (SSSR count). The fourth-order valence-electron chi connectivity index (χ4n) is 2.75. The third-order valence-electron chi connectivity index (χ3n) is 4.31. The summed E-state index contributed by atoms with van der Waals surface area (Å²) in [6.45, 7) is 4.16. The molecule has 0 bridgehead atoms. The van der Waals surface area contributed by atoms with E-state index in [-0.39, 0.29) is 11.9 Å². The van der Waals surface area contributed by atoms with Crippen LogP contribution >= 0.6 is 11.8 Å². The van der Waals surface area contributed by atoms with Crippen molar-refractivity contribution in [2.75, 3.05) is 20.0 Å². The van der Waals surface area contributed by atoms with E-state index in [1.165, 1.54) is 11.1 Å². The Labute approximate surface area is 160 Å². The van der Waals surface area contributed by atoms with Crippen LogP contribution < -0.4 is 14.8 Å². The molecular formula is C21H27NO3S. The van der Waals surface area contributed by atoms with Crippen molar-refractivity contribution in [2.45, 2.75) is 32.1 Å². The third-order valence-corrected chi connectivity index (χ3v) is 5.29. The van der Waals surface area contributed by atoms with Crippen LogP contribution in [0.3, 0.4) is 0 Å². The fourth-order valence-corrected chi connectivity index (χ4v) is 3.67. The number of thioether (sulfide) groups is 1. The summed E-state index contributed by atoms with van der Waals surface area (Å²) in [5.74, 6) is 2.69. The van der Waals surface area contributed by atoms with Gasteiger partial charge in [-0.05, 0) is 42.2 Å². The van der Waals surface area contributed by atoms with E-state index in [1.54, 1.807) is 26.0 Å². The highest BCUT2D eigenvalue weighted by molar-refractivity contribution is 7.99. The summed E-state index contributed by atoms with van der Waals surface area (Å²) in [6, 6.07) is 14.0. The van der Waals surface area contributed by atoms with E-state index >= 15 is 0 Å².